The highest BCUT2D eigenvalue weighted by molar-refractivity contribution is 6.31. The summed E-state index contributed by atoms with van der Waals surface area (Å²) in [4.78, 5) is 38.4. The van der Waals surface area contributed by atoms with Gasteiger partial charge in [0.15, 0.2) is 11.6 Å². The molecule has 1 aliphatic carbocycles. The van der Waals surface area contributed by atoms with Crippen LogP contribution in [0.3, 0.4) is 0 Å². The monoisotopic (exact) mass is 524 g/mol. The number of halogens is 2. The molecule has 2 aliphatic heterocycles. The number of carbonyl (C=O) groups is 2. The van der Waals surface area contributed by atoms with Crippen molar-refractivity contribution in [2.75, 3.05) is 37.0 Å². The van der Waals surface area contributed by atoms with Gasteiger partial charge in [-0.05, 0) is 36.5 Å². The van der Waals surface area contributed by atoms with Crippen LogP contribution in [0.1, 0.15) is 36.1 Å². The fraction of sp³-hybridized carbons (Fsp3) is 0.423. The Balaban J connectivity index is 1.54. The molecule has 1 saturated heterocycles. The predicted octanol–water partition coefficient (Wildman–Crippen LogP) is 3.32. The third-order valence-corrected chi connectivity index (χ3v) is 7.89. The van der Waals surface area contributed by atoms with Crippen LogP contribution in [0.5, 0.6) is 6.01 Å². The second kappa shape index (κ2) is 9.63. The molecule has 0 bridgehead atoms. The number of aromatic nitrogens is 2. The van der Waals surface area contributed by atoms with E-state index in [4.69, 9.17) is 16.3 Å². The van der Waals surface area contributed by atoms with E-state index in [-0.39, 0.29) is 31.4 Å². The zero-order valence-electron chi connectivity index (χ0n) is 20.4. The van der Waals surface area contributed by atoms with Gasteiger partial charge in [0.05, 0.1) is 36.8 Å². The van der Waals surface area contributed by atoms with Crippen LogP contribution in [-0.4, -0.2) is 59.5 Å². The number of rotatable bonds is 4. The van der Waals surface area contributed by atoms with Crippen molar-refractivity contribution < 1.29 is 18.7 Å². The van der Waals surface area contributed by atoms with Crippen LogP contribution >= 0.6 is 11.6 Å². The first-order chi connectivity index (χ1) is 17.8. The minimum absolute atomic E-state index is 0.00689. The largest absolute Gasteiger partial charge is 0.467 e. The van der Waals surface area contributed by atoms with Crippen LogP contribution in [0.15, 0.2) is 30.6 Å². The lowest BCUT2D eigenvalue weighted by molar-refractivity contribution is -0.131. The van der Waals surface area contributed by atoms with E-state index in [9.17, 15) is 19.2 Å². The molecule has 1 N–H and O–H groups in total. The van der Waals surface area contributed by atoms with Gasteiger partial charge < -0.3 is 19.9 Å². The van der Waals surface area contributed by atoms with Crippen molar-refractivity contribution in [1.82, 2.24) is 14.9 Å². The van der Waals surface area contributed by atoms with Crippen molar-refractivity contribution in [2.24, 2.45) is 0 Å². The van der Waals surface area contributed by atoms with Crippen molar-refractivity contribution in [2.45, 2.75) is 43.6 Å². The van der Waals surface area contributed by atoms with E-state index in [0.29, 0.717) is 41.6 Å². The van der Waals surface area contributed by atoms with Crippen LogP contribution in [0.4, 0.5) is 15.9 Å². The maximum atomic E-state index is 13.8. The Labute approximate surface area is 218 Å². The molecular formula is C26H26ClFN6O3. The van der Waals surface area contributed by atoms with E-state index in [0.717, 1.165) is 24.0 Å². The van der Waals surface area contributed by atoms with E-state index < -0.39 is 23.2 Å². The van der Waals surface area contributed by atoms with E-state index in [2.05, 4.69) is 27.9 Å². The summed E-state index contributed by atoms with van der Waals surface area (Å²) in [6.45, 7) is 3.81. The van der Waals surface area contributed by atoms with Gasteiger partial charge in [0, 0.05) is 31.1 Å². The molecule has 2 aromatic rings. The van der Waals surface area contributed by atoms with E-state index in [1.165, 1.54) is 12.0 Å². The maximum absolute atomic E-state index is 13.8. The Kier molecular flexibility index (Phi) is 6.50. The van der Waals surface area contributed by atoms with E-state index in [1.54, 1.807) is 0 Å². The third-order valence-electron chi connectivity index (χ3n) is 7.54. The lowest BCUT2D eigenvalue weighted by Gasteiger charge is -2.44. The summed E-state index contributed by atoms with van der Waals surface area (Å²) < 4.78 is 19.0. The number of methoxy groups -OCH3 is 1. The van der Waals surface area contributed by atoms with Crippen LogP contribution in [-0.2, 0) is 27.8 Å². The Morgan fingerprint density at radius 3 is 2.95 bits per heavy atom. The van der Waals surface area contributed by atoms with Gasteiger partial charge in [-0.2, -0.15) is 15.2 Å². The van der Waals surface area contributed by atoms with Gasteiger partial charge in [-0.15, -0.1) is 0 Å². The molecule has 37 heavy (non-hydrogen) atoms. The van der Waals surface area contributed by atoms with Gasteiger partial charge in [0.2, 0.25) is 5.91 Å². The first-order valence-corrected chi connectivity index (χ1v) is 12.5. The quantitative estimate of drug-likeness (QED) is 0.611. The van der Waals surface area contributed by atoms with Gasteiger partial charge in [0.1, 0.15) is 5.69 Å². The van der Waals surface area contributed by atoms with Gasteiger partial charge in [-0.1, -0.05) is 30.3 Å². The second-order valence-electron chi connectivity index (χ2n) is 9.55. The van der Waals surface area contributed by atoms with Crippen LogP contribution in [0.25, 0.3) is 0 Å². The number of hydrogen-bond acceptors (Lipinski definition) is 7. The average molecular weight is 525 g/mol. The lowest BCUT2D eigenvalue weighted by atomic mass is 9.65. The molecule has 1 aromatic carbocycles. The van der Waals surface area contributed by atoms with Crippen molar-refractivity contribution in [3.63, 3.8) is 0 Å². The molecule has 11 heteroatoms. The SMILES string of the molecule is C=C(F)C(=O)N1CCN(c2nc(OC)nc3c2NC(=O)C2(CCCc4c(Cl)cccc42)C3)CC1CC#N. The standard InChI is InChI=1S/C26H26ClFN6O3/c1-15(28)23(35)34-12-11-33(14-16(34)8-10-29)22-21-20(30-25(32-22)37-2)13-26(24(36)31-21)9-4-5-17-18(26)6-3-7-19(17)27/h3,6-7,16H,1,4-5,8-9,11-14H2,2H3,(H,31,36). The van der Waals surface area contributed by atoms with Gasteiger partial charge in [0.25, 0.3) is 5.91 Å². The molecule has 1 spiro atoms. The molecule has 9 nitrogen and oxygen atoms in total. The topological polar surface area (TPSA) is 111 Å². The molecule has 2 unspecified atom stereocenters. The highest BCUT2D eigenvalue weighted by Crippen LogP contribution is 2.47. The molecule has 3 heterocycles. The first-order valence-electron chi connectivity index (χ1n) is 12.1. The number of ether oxygens (including phenoxy) is 1. The Morgan fingerprint density at radius 1 is 1.41 bits per heavy atom. The smallest absolute Gasteiger partial charge is 0.318 e. The number of fused-ring (bicyclic) bond motifs is 3. The molecule has 2 amide bonds. The highest BCUT2D eigenvalue weighted by Gasteiger charge is 2.48. The number of amides is 2. The van der Waals surface area contributed by atoms with Gasteiger partial charge in [-0.3, -0.25) is 9.59 Å². The number of carbonyl (C=O) groups excluding carboxylic acids is 2. The average Bonchev–Trinajstić information content (AvgIpc) is 2.89. The van der Waals surface area contributed by atoms with Crippen molar-refractivity contribution in [3.8, 4) is 12.1 Å². The minimum Gasteiger partial charge on any atom is -0.467 e. The van der Waals surface area contributed by atoms with Gasteiger partial charge in [-0.25, -0.2) is 4.39 Å². The number of benzene rings is 1. The normalized spacial score (nSPS) is 22.5. The lowest BCUT2D eigenvalue weighted by Crippen LogP contribution is -2.56. The summed E-state index contributed by atoms with van der Waals surface area (Å²) in [6.07, 6.45) is 2.65. The van der Waals surface area contributed by atoms with Crippen molar-refractivity contribution in [1.29, 1.82) is 5.26 Å². The summed E-state index contributed by atoms with van der Waals surface area (Å²) in [5.41, 5.74) is 2.22. The Morgan fingerprint density at radius 2 is 2.22 bits per heavy atom. The van der Waals surface area contributed by atoms with Crippen LogP contribution < -0.4 is 15.0 Å². The molecular weight excluding hydrogens is 499 g/mol. The summed E-state index contributed by atoms with van der Waals surface area (Å²) >= 11 is 6.50. The molecule has 0 radical (unpaired) electrons. The van der Waals surface area contributed by atoms with Crippen molar-refractivity contribution in [3.05, 3.63) is 52.4 Å². The minimum atomic E-state index is -1.07. The van der Waals surface area contributed by atoms with Crippen LogP contribution in [0.2, 0.25) is 5.02 Å². The highest BCUT2D eigenvalue weighted by atomic mass is 35.5. The van der Waals surface area contributed by atoms with E-state index >= 15 is 0 Å². The number of anilines is 2. The molecule has 1 aromatic heterocycles. The molecule has 192 valence electrons. The zero-order chi connectivity index (χ0) is 26.3. The summed E-state index contributed by atoms with van der Waals surface area (Å²) in [7, 11) is 1.47. The number of nitriles is 1. The fourth-order valence-electron chi connectivity index (χ4n) is 5.78. The molecule has 2 atom stereocenters. The second-order valence-corrected chi connectivity index (χ2v) is 9.96. The molecule has 0 saturated carbocycles. The Hall–Kier alpha value is -3.71. The predicted molar refractivity (Wildman–Crippen MR) is 135 cm³/mol. The molecule has 3 aliphatic rings. The number of nitrogens with one attached hydrogen (secondary N) is 1. The molecule has 5 rings (SSSR count). The number of nitrogens with zero attached hydrogens (tertiary/aromatic N) is 5. The third kappa shape index (κ3) is 4.17. The summed E-state index contributed by atoms with van der Waals surface area (Å²) in [5, 5.41) is 13.1. The van der Waals surface area contributed by atoms with Crippen molar-refractivity contribution >= 4 is 34.9 Å². The maximum Gasteiger partial charge on any atom is 0.318 e. The van der Waals surface area contributed by atoms with E-state index in [1.807, 2.05) is 23.1 Å². The number of piperazine rings is 1. The number of hydrogen-bond donors (Lipinski definition) is 1. The first kappa shape index (κ1) is 25.0. The van der Waals surface area contributed by atoms with Gasteiger partial charge >= 0.3 is 6.01 Å². The Bertz CT molecular complexity index is 1340. The fourth-order valence-corrected chi connectivity index (χ4v) is 6.05. The summed E-state index contributed by atoms with van der Waals surface area (Å²) in [6, 6.07) is 7.31. The zero-order valence-corrected chi connectivity index (χ0v) is 21.1. The molecule has 1 fully saturated rings. The summed E-state index contributed by atoms with van der Waals surface area (Å²) in [5.74, 6) is -1.59. The van der Waals surface area contributed by atoms with Crippen LogP contribution in [0, 0.1) is 11.3 Å².